The maximum atomic E-state index is 9.18. The minimum Gasteiger partial charge on any atom is -0.468 e. The Balaban J connectivity index is 0.000000249. The van der Waals surface area contributed by atoms with Gasteiger partial charge in [-0.3, -0.25) is 9.47 Å². The predicted octanol–water partition coefficient (Wildman–Crippen LogP) is 2.02. The van der Waals surface area contributed by atoms with Gasteiger partial charge in [-0.1, -0.05) is 18.2 Å². The van der Waals surface area contributed by atoms with Crippen molar-refractivity contribution < 1.29 is 9.53 Å². The summed E-state index contributed by atoms with van der Waals surface area (Å²) < 4.78 is 6.27. The van der Waals surface area contributed by atoms with E-state index in [4.69, 9.17) is 0 Å². The number of carbonyl (C=O) groups excluding carboxylic acids is 1. The average molecular weight is 234 g/mol. The molecule has 0 N–H and O–H groups in total. The molecule has 2 rings (SSSR count). The van der Waals surface area contributed by atoms with E-state index >= 15 is 0 Å². The van der Waals surface area contributed by atoms with Crippen LogP contribution in [0.3, 0.4) is 0 Å². The number of carbonyl (C=O) groups is 1. The van der Waals surface area contributed by atoms with Crippen molar-refractivity contribution in [1.29, 1.82) is 0 Å². The summed E-state index contributed by atoms with van der Waals surface area (Å²) in [4.78, 5) is 9.18. The van der Waals surface area contributed by atoms with Gasteiger partial charge in [0.2, 0.25) is 0 Å². The summed E-state index contributed by atoms with van der Waals surface area (Å²) in [5.74, 6) is 0. The molecule has 4 nitrogen and oxygen atoms in total. The standard InChI is InChI=1S/C10H12N2.C3H6O2/c1-11(2)12-8-7-9-5-3-4-6-10(9)12;1-2-5-3-4/h3-8H,1-2H3;3H,2H2,1H3. The molecule has 0 unspecified atom stereocenters. The Morgan fingerprint density at radius 3 is 2.53 bits per heavy atom. The first-order valence-corrected chi connectivity index (χ1v) is 5.49. The van der Waals surface area contributed by atoms with Gasteiger partial charge in [-0.2, -0.15) is 0 Å². The van der Waals surface area contributed by atoms with Crippen LogP contribution in [0.1, 0.15) is 6.92 Å². The van der Waals surface area contributed by atoms with E-state index in [2.05, 4.69) is 51.0 Å². The van der Waals surface area contributed by atoms with Crippen LogP contribution in [0, 0.1) is 0 Å². The third-order valence-electron chi connectivity index (χ3n) is 2.24. The molecule has 17 heavy (non-hydrogen) atoms. The van der Waals surface area contributed by atoms with E-state index in [0.29, 0.717) is 13.1 Å². The molecule has 0 atom stereocenters. The molecule has 0 saturated heterocycles. The Labute approximate surface area is 101 Å². The third-order valence-corrected chi connectivity index (χ3v) is 2.24. The molecule has 0 aliphatic rings. The summed E-state index contributed by atoms with van der Waals surface area (Å²) >= 11 is 0. The fourth-order valence-electron chi connectivity index (χ4n) is 1.49. The number of aromatic nitrogens is 1. The number of hydrogen-bond donors (Lipinski definition) is 0. The molecule has 4 heteroatoms. The number of fused-ring (bicyclic) bond motifs is 1. The molecule has 0 spiro atoms. The van der Waals surface area contributed by atoms with Crippen molar-refractivity contribution in [3.05, 3.63) is 36.5 Å². The van der Waals surface area contributed by atoms with E-state index in [0.717, 1.165) is 0 Å². The Hall–Kier alpha value is -1.97. The number of ether oxygens (including phenoxy) is 1. The molecule has 0 aliphatic heterocycles. The highest BCUT2D eigenvalue weighted by Crippen LogP contribution is 2.13. The molecule has 0 radical (unpaired) electrons. The predicted molar refractivity (Wildman–Crippen MR) is 69.7 cm³/mol. The van der Waals surface area contributed by atoms with Crippen molar-refractivity contribution in [2.45, 2.75) is 6.92 Å². The number of hydrogen-bond acceptors (Lipinski definition) is 3. The van der Waals surface area contributed by atoms with Crippen LogP contribution in [0.4, 0.5) is 0 Å². The fraction of sp³-hybridized carbons (Fsp3) is 0.308. The largest absolute Gasteiger partial charge is 0.468 e. The number of rotatable bonds is 3. The Kier molecular flexibility index (Phi) is 5.07. The van der Waals surface area contributed by atoms with E-state index in [-0.39, 0.29) is 0 Å². The lowest BCUT2D eigenvalue weighted by molar-refractivity contribution is -0.128. The first-order valence-electron chi connectivity index (χ1n) is 5.49. The SMILES string of the molecule is CCOC=O.CN(C)n1ccc2ccccc21. The molecular formula is C13H18N2O2. The van der Waals surface area contributed by atoms with Gasteiger partial charge in [0.1, 0.15) is 0 Å². The topological polar surface area (TPSA) is 34.5 Å². The maximum absolute atomic E-state index is 9.18. The smallest absolute Gasteiger partial charge is 0.293 e. The first kappa shape index (κ1) is 13.1. The maximum Gasteiger partial charge on any atom is 0.293 e. The van der Waals surface area contributed by atoms with E-state index in [1.54, 1.807) is 6.92 Å². The highest BCUT2D eigenvalue weighted by Gasteiger charge is 1.98. The highest BCUT2D eigenvalue weighted by molar-refractivity contribution is 5.80. The van der Waals surface area contributed by atoms with Crippen molar-refractivity contribution >= 4 is 17.4 Å². The number of benzene rings is 1. The summed E-state index contributed by atoms with van der Waals surface area (Å²) in [7, 11) is 4.07. The zero-order chi connectivity index (χ0) is 12.7. The quantitative estimate of drug-likeness (QED) is 0.762. The van der Waals surface area contributed by atoms with Crippen LogP contribution in [0.5, 0.6) is 0 Å². The highest BCUT2D eigenvalue weighted by atomic mass is 16.5. The van der Waals surface area contributed by atoms with Crippen molar-refractivity contribution in [3.8, 4) is 0 Å². The van der Waals surface area contributed by atoms with Crippen molar-refractivity contribution in [3.63, 3.8) is 0 Å². The average Bonchev–Trinajstić information content (AvgIpc) is 2.74. The fourth-order valence-corrected chi connectivity index (χ4v) is 1.49. The normalized spacial score (nSPS) is 9.35. The molecule has 0 aliphatic carbocycles. The Morgan fingerprint density at radius 2 is 2.00 bits per heavy atom. The van der Waals surface area contributed by atoms with Gasteiger partial charge in [-0.25, -0.2) is 0 Å². The van der Waals surface area contributed by atoms with Gasteiger partial charge < -0.3 is 9.75 Å². The van der Waals surface area contributed by atoms with Gasteiger partial charge in [0, 0.05) is 25.7 Å². The number of nitrogens with zero attached hydrogens (tertiary/aromatic N) is 2. The van der Waals surface area contributed by atoms with Crippen LogP contribution < -0.4 is 5.01 Å². The molecule has 1 aromatic heterocycles. The van der Waals surface area contributed by atoms with Crippen LogP contribution in [-0.2, 0) is 9.53 Å². The summed E-state index contributed by atoms with van der Waals surface area (Å²) in [6.07, 6.45) is 2.07. The van der Waals surface area contributed by atoms with Crippen LogP contribution in [0.25, 0.3) is 10.9 Å². The lowest BCUT2D eigenvalue weighted by Crippen LogP contribution is -2.23. The summed E-state index contributed by atoms with van der Waals surface area (Å²) in [5, 5.41) is 3.34. The molecule has 0 bridgehead atoms. The molecule has 0 saturated carbocycles. The van der Waals surface area contributed by atoms with Gasteiger partial charge in [0.05, 0.1) is 12.1 Å². The minimum absolute atomic E-state index is 0.431. The van der Waals surface area contributed by atoms with Crippen molar-refractivity contribution in [1.82, 2.24) is 4.68 Å². The molecule has 92 valence electrons. The van der Waals surface area contributed by atoms with Gasteiger partial charge in [0.15, 0.2) is 0 Å². The third kappa shape index (κ3) is 3.52. The molecule has 0 fully saturated rings. The number of para-hydroxylation sites is 1. The zero-order valence-corrected chi connectivity index (χ0v) is 10.5. The summed E-state index contributed by atoms with van der Waals surface area (Å²) in [6.45, 7) is 2.66. The van der Waals surface area contributed by atoms with Crippen LogP contribution in [0.2, 0.25) is 0 Å². The summed E-state index contributed by atoms with van der Waals surface area (Å²) in [6, 6.07) is 10.5. The van der Waals surface area contributed by atoms with Crippen LogP contribution >= 0.6 is 0 Å². The molecular weight excluding hydrogens is 216 g/mol. The lowest BCUT2D eigenvalue weighted by atomic mass is 10.3. The van der Waals surface area contributed by atoms with Crippen LogP contribution in [-0.4, -0.2) is 31.9 Å². The van der Waals surface area contributed by atoms with Gasteiger partial charge in [0.25, 0.3) is 6.47 Å². The second-order valence-electron chi connectivity index (χ2n) is 3.62. The minimum atomic E-state index is 0.431. The molecule has 2 aromatic rings. The van der Waals surface area contributed by atoms with Gasteiger partial charge in [-0.15, -0.1) is 0 Å². The first-order chi connectivity index (χ1) is 8.20. The molecule has 1 aromatic carbocycles. The van der Waals surface area contributed by atoms with E-state index in [1.165, 1.54) is 10.9 Å². The van der Waals surface area contributed by atoms with Crippen LogP contribution in [0.15, 0.2) is 36.5 Å². The second kappa shape index (κ2) is 6.58. The monoisotopic (exact) mass is 234 g/mol. The van der Waals surface area contributed by atoms with E-state index in [9.17, 15) is 4.79 Å². The van der Waals surface area contributed by atoms with E-state index in [1.807, 2.05) is 14.1 Å². The van der Waals surface area contributed by atoms with Gasteiger partial charge >= 0.3 is 0 Å². The Bertz CT molecular complexity index is 463. The Morgan fingerprint density at radius 1 is 1.29 bits per heavy atom. The zero-order valence-electron chi connectivity index (χ0n) is 10.5. The molecule has 1 heterocycles. The lowest BCUT2D eigenvalue weighted by Gasteiger charge is -2.15. The van der Waals surface area contributed by atoms with Crippen molar-refractivity contribution in [2.24, 2.45) is 0 Å². The summed E-state index contributed by atoms with van der Waals surface area (Å²) in [5.41, 5.74) is 1.25. The second-order valence-corrected chi connectivity index (χ2v) is 3.62. The van der Waals surface area contributed by atoms with E-state index < -0.39 is 0 Å². The van der Waals surface area contributed by atoms with Crippen molar-refractivity contribution in [2.75, 3.05) is 25.7 Å². The molecule has 0 amide bonds. The van der Waals surface area contributed by atoms with Gasteiger partial charge in [-0.05, 0) is 19.1 Å².